The molecule has 0 amide bonds. The van der Waals surface area contributed by atoms with Crippen LogP contribution in [-0.2, 0) is 16.2 Å². The Bertz CT molecular complexity index is 3540. The number of ether oxygens (including phenoxy) is 1. The predicted molar refractivity (Wildman–Crippen MR) is 292 cm³/mol. The number of rotatable bonds is 7. The number of pyridine rings is 1. The molecule has 8 aromatic carbocycles. The van der Waals surface area contributed by atoms with Crippen molar-refractivity contribution in [3.63, 3.8) is 0 Å². The fraction of sp³-hybridized carbons (Fsp3) is 0.203. The van der Waals surface area contributed by atoms with E-state index in [-0.39, 0.29) is 16.2 Å². The molecule has 10 aromatic rings. The van der Waals surface area contributed by atoms with Crippen LogP contribution in [0.2, 0.25) is 0 Å². The van der Waals surface area contributed by atoms with Gasteiger partial charge in [0.15, 0.2) is 0 Å². The van der Waals surface area contributed by atoms with Crippen LogP contribution in [0.3, 0.4) is 0 Å². The molecule has 0 radical (unpaired) electrons. The number of fused-ring (bicyclic) bond motifs is 5. The lowest BCUT2D eigenvalue weighted by molar-refractivity contribution is 0.483. The van der Waals surface area contributed by atoms with Gasteiger partial charge in [-0.25, -0.2) is 4.98 Å². The van der Waals surface area contributed by atoms with Gasteiger partial charge in [-0.1, -0.05) is 165 Å². The molecule has 0 aliphatic carbocycles. The number of hydrogen-bond acceptors (Lipinski definition) is 4. The van der Waals surface area contributed by atoms with Crippen LogP contribution in [-0.4, -0.2) is 16.2 Å². The van der Waals surface area contributed by atoms with Gasteiger partial charge in [0, 0.05) is 46.0 Å². The van der Waals surface area contributed by atoms with Crippen LogP contribution in [0.5, 0.6) is 11.5 Å². The quantitative estimate of drug-likeness (QED) is 0.160. The van der Waals surface area contributed by atoms with Gasteiger partial charge in [-0.2, -0.15) is 0 Å². The van der Waals surface area contributed by atoms with Crippen molar-refractivity contribution in [1.29, 1.82) is 0 Å². The molecular formula is C64H60N4O. The maximum atomic E-state index is 6.92. The minimum atomic E-state index is -0.0353. The van der Waals surface area contributed by atoms with E-state index in [1.54, 1.807) is 0 Å². The van der Waals surface area contributed by atoms with Crippen molar-refractivity contribution in [1.82, 2.24) is 9.55 Å². The Kier molecular flexibility index (Phi) is 10.5. The first kappa shape index (κ1) is 43.9. The predicted octanol–water partition coefficient (Wildman–Crippen LogP) is 17.6. The minimum Gasteiger partial charge on any atom is -0.457 e. The van der Waals surface area contributed by atoms with Crippen LogP contribution >= 0.6 is 0 Å². The SMILES string of the molecule is CC(C)(C)c1cc(N2CN(c3cccc(Oc4ccc5c6cc(-c7ccccc7)ccc6n(-c6cc(C(C)(C)C)ccn6)c5c4)c3)c3cccc(-c4cccc5ccccc45)c32)cc(C(C)(C)C)c1. The molecule has 0 atom stereocenters. The highest BCUT2D eigenvalue weighted by Crippen LogP contribution is 2.52. The molecule has 69 heavy (non-hydrogen) atoms. The first-order valence-electron chi connectivity index (χ1n) is 24.3. The molecule has 5 heteroatoms. The standard InChI is InChI=1S/C64H60N4O/c1-62(2,3)45-32-33-65-60(38-45)68-57-31-28-44(42-18-11-10-12-19-42)34-56(57)54-30-29-51(40-59(54)68)69-50-23-16-22-48(39-50)66-41-67(49-36-46(63(4,5)6)35-47(37-49)64(7,8)9)61-55(26-17-27-58(61)66)53-25-15-21-43-20-13-14-24-52(43)53/h10-40H,41H2,1-9H3. The number of nitrogens with zero attached hydrogens (tertiary/aromatic N) is 4. The molecule has 5 nitrogen and oxygen atoms in total. The van der Waals surface area contributed by atoms with E-state index < -0.39 is 0 Å². The Morgan fingerprint density at radius 3 is 1.88 bits per heavy atom. The zero-order valence-corrected chi connectivity index (χ0v) is 41.3. The van der Waals surface area contributed by atoms with Gasteiger partial charge in [0.25, 0.3) is 0 Å². The van der Waals surface area contributed by atoms with Crippen molar-refractivity contribution in [2.24, 2.45) is 0 Å². The first-order chi connectivity index (χ1) is 33.1. The van der Waals surface area contributed by atoms with Crippen molar-refractivity contribution in [3.8, 4) is 39.6 Å². The molecule has 0 saturated heterocycles. The van der Waals surface area contributed by atoms with Crippen LogP contribution in [0.25, 0.3) is 60.6 Å². The van der Waals surface area contributed by atoms with Crippen molar-refractivity contribution >= 4 is 55.3 Å². The smallest absolute Gasteiger partial charge is 0.137 e. The third-order valence-electron chi connectivity index (χ3n) is 14.0. The fourth-order valence-electron chi connectivity index (χ4n) is 10.0. The largest absolute Gasteiger partial charge is 0.457 e. The molecule has 0 saturated carbocycles. The molecule has 0 unspecified atom stereocenters. The second kappa shape index (κ2) is 16.6. The average molecular weight is 901 g/mol. The van der Waals surface area contributed by atoms with Gasteiger partial charge in [0.05, 0.1) is 22.4 Å². The van der Waals surface area contributed by atoms with E-state index in [4.69, 9.17) is 9.72 Å². The Balaban J connectivity index is 1.03. The Morgan fingerprint density at radius 1 is 0.435 bits per heavy atom. The summed E-state index contributed by atoms with van der Waals surface area (Å²) in [6.07, 6.45) is 1.94. The summed E-state index contributed by atoms with van der Waals surface area (Å²) in [5, 5.41) is 4.79. The summed E-state index contributed by atoms with van der Waals surface area (Å²) in [6, 6.07) is 66.2. The zero-order valence-electron chi connectivity index (χ0n) is 41.3. The average Bonchev–Trinajstić information content (AvgIpc) is 3.89. The summed E-state index contributed by atoms with van der Waals surface area (Å²) >= 11 is 0. The van der Waals surface area contributed by atoms with Gasteiger partial charge in [-0.15, -0.1) is 0 Å². The monoisotopic (exact) mass is 900 g/mol. The van der Waals surface area contributed by atoms with E-state index in [1.165, 1.54) is 66.5 Å². The summed E-state index contributed by atoms with van der Waals surface area (Å²) in [4.78, 5) is 9.95. The molecule has 342 valence electrons. The van der Waals surface area contributed by atoms with Gasteiger partial charge in [-0.3, -0.25) is 4.57 Å². The highest BCUT2D eigenvalue weighted by atomic mass is 16.5. The zero-order chi connectivity index (χ0) is 47.8. The van der Waals surface area contributed by atoms with Gasteiger partial charge in [0.2, 0.25) is 0 Å². The molecule has 11 rings (SSSR count). The molecule has 1 aliphatic rings. The van der Waals surface area contributed by atoms with Crippen molar-refractivity contribution in [2.75, 3.05) is 16.5 Å². The first-order valence-corrected chi connectivity index (χ1v) is 24.3. The Hall–Kier alpha value is -7.63. The molecular weight excluding hydrogens is 841 g/mol. The maximum Gasteiger partial charge on any atom is 0.137 e. The highest BCUT2D eigenvalue weighted by molar-refractivity contribution is 6.11. The van der Waals surface area contributed by atoms with E-state index in [2.05, 4.69) is 259 Å². The molecule has 0 bridgehead atoms. The van der Waals surface area contributed by atoms with E-state index >= 15 is 0 Å². The highest BCUT2D eigenvalue weighted by Gasteiger charge is 2.33. The lowest BCUT2D eigenvalue weighted by Gasteiger charge is -2.30. The van der Waals surface area contributed by atoms with Crippen molar-refractivity contribution in [2.45, 2.75) is 78.6 Å². The molecule has 3 heterocycles. The maximum absolute atomic E-state index is 6.92. The number of benzene rings is 8. The van der Waals surface area contributed by atoms with Crippen LogP contribution in [0.4, 0.5) is 22.7 Å². The van der Waals surface area contributed by atoms with Crippen LogP contribution < -0.4 is 14.5 Å². The van der Waals surface area contributed by atoms with E-state index in [0.29, 0.717) is 6.67 Å². The van der Waals surface area contributed by atoms with E-state index in [0.717, 1.165) is 45.1 Å². The van der Waals surface area contributed by atoms with Gasteiger partial charge >= 0.3 is 0 Å². The summed E-state index contributed by atoms with van der Waals surface area (Å²) in [5.41, 5.74) is 15.3. The molecule has 2 aromatic heterocycles. The minimum absolute atomic E-state index is 0.0332. The number of anilines is 4. The third kappa shape index (κ3) is 8.10. The molecule has 0 spiro atoms. The van der Waals surface area contributed by atoms with Crippen molar-refractivity contribution < 1.29 is 4.74 Å². The number of aromatic nitrogens is 2. The third-order valence-corrected chi connectivity index (χ3v) is 14.0. The summed E-state index contributed by atoms with van der Waals surface area (Å²) in [6.45, 7) is 21.3. The lowest BCUT2D eigenvalue weighted by atomic mass is 9.80. The number of para-hydroxylation sites is 1. The normalized spacial score (nSPS) is 13.2. The topological polar surface area (TPSA) is 33.5 Å². The Morgan fingerprint density at radius 2 is 1.12 bits per heavy atom. The van der Waals surface area contributed by atoms with Gasteiger partial charge < -0.3 is 14.5 Å². The summed E-state index contributed by atoms with van der Waals surface area (Å²) < 4.78 is 9.21. The second-order valence-electron chi connectivity index (χ2n) is 21.8. The van der Waals surface area contributed by atoms with Crippen molar-refractivity contribution in [3.05, 3.63) is 205 Å². The summed E-state index contributed by atoms with van der Waals surface area (Å²) in [7, 11) is 0. The van der Waals surface area contributed by atoms with E-state index in [1.807, 2.05) is 6.20 Å². The number of hydrogen-bond donors (Lipinski definition) is 0. The van der Waals surface area contributed by atoms with Gasteiger partial charge in [0.1, 0.15) is 24.0 Å². The Labute approximate surface area is 407 Å². The molecule has 1 aliphatic heterocycles. The molecule has 0 fully saturated rings. The molecule has 0 N–H and O–H groups in total. The van der Waals surface area contributed by atoms with Crippen LogP contribution in [0.1, 0.15) is 79.0 Å². The lowest BCUT2D eigenvalue weighted by Crippen LogP contribution is -2.25. The van der Waals surface area contributed by atoms with E-state index in [9.17, 15) is 0 Å². The fourth-order valence-corrected chi connectivity index (χ4v) is 10.0. The second-order valence-corrected chi connectivity index (χ2v) is 21.8. The van der Waals surface area contributed by atoms with Gasteiger partial charge in [-0.05, 0) is 127 Å². The summed E-state index contributed by atoms with van der Waals surface area (Å²) in [5.74, 6) is 2.41. The van der Waals surface area contributed by atoms with Crippen LogP contribution in [0, 0.1) is 0 Å². The van der Waals surface area contributed by atoms with Crippen LogP contribution in [0.15, 0.2) is 188 Å².